The van der Waals surface area contributed by atoms with Crippen molar-refractivity contribution >= 4 is 5.84 Å². The predicted molar refractivity (Wildman–Crippen MR) is 97.9 cm³/mol. The van der Waals surface area contributed by atoms with Gasteiger partial charge in [0.15, 0.2) is 0 Å². The lowest BCUT2D eigenvalue weighted by Gasteiger charge is -2.29. The van der Waals surface area contributed by atoms with Gasteiger partial charge in [0.05, 0.1) is 12.2 Å². The van der Waals surface area contributed by atoms with Crippen molar-refractivity contribution in [1.29, 1.82) is 0 Å². The van der Waals surface area contributed by atoms with Gasteiger partial charge in [-0.3, -0.25) is 4.90 Å². The SMILES string of the molecule is C=C.C=CC(N=C(CN(CC)C(C)CC)N(C)C)=C(C)C. The van der Waals surface area contributed by atoms with Crippen molar-refractivity contribution in [3.8, 4) is 0 Å². The monoisotopic (exact) mass is 293 g/mol. The molecule has 0 bridgehead atoms. The van der Waals surface area contributed by atoms with Crippen LogP contribution in [0.15, 0.2) is 42.1 Å². The fourth-order valence-corrected chi connectivity index (χ4v) is 1.80. The molecule has 0 saturated carbocycles. The molecule has 1 unspecified atom stereocenters. The largest absolute Gasteiger partial charge is 0.365 e. The Bertz CT molecular complexity index is 349. The van der Waals surface area contributed by atoms with Gasteiger partial charge in [-0.15, -0.1) is 13.2 Å². The van der Waals surface area contributed by atoms with Crippen LogP contribution in [0.3, 0.4) is 0 Å². The van der Waals surface area contributed by atoms with Crippen LogP contribution in [0, 0.1) is 0 Å². The minimum atomic E-state index is 0.578. The first-order valence-electron chi connectivity index (χ1n) is 7.66. The first-order valence-corrected chi connectivity index (χ1v) is 7.66. The number of rotatable bonds is 7. The summed E-state index contributed by atoms with van der Waals surface area (Å²) in [4.78, 5) is 9.30. The van der Waals surface area contributed by atoms with E-state index in [-0.39, 0.29) is 0 Å². The van der Waals surface area contributed by atoms with Gasteiger partial charge in [0.25, 0.3) is 0 Å². The molecule has 0 aliphatic rings. The van der Waals surface area contributed by atoms with Gasteiger partial charge in [-0.25, -0.2) is 4.99 Å². The first-order chi connectivity index (χ1) is 9.87. The molecule has 0 aliphatic carbocycles. The average Bonchev–Trinajstić information content (AvgIpc) is 2.48. The molecule has 3 nitrogen and oxygen atoms in total. The predicted octanol–water partition coefficient (Wildman–Crippen LogP) is 4.35. The van der Waals surface area contributed by atoms with Crippen molar-refractivity contribution < 1.29 is 0 Å². The average molecular weight is 293 g/mol. The van der Waals surface area contributed by atoms with Crippen molar-refractivity contribution in [2.45, 2.75) is 47.1 Å². The molecule has 0 amide bonds. The van der Waals surface area contributed by atoms with E-state index in [0.717, 1.165) is 31.0 Å². The number of nitrogens with zero attached hydrogens (tertiary/aromatic N) is 3. The van der Waals surface area contributed by atoms with E-state index >= 15 is 0 Å². The summed E-state index contributed by atoms with van der Waals surface area (Å²) in [6, 6.07) is 0.578. The summed E-state index contributed by atoms with van der Waals surface area (Å²) in [5.74, 6) is 1.08. The summed E-state index contributed by atoms with van der Waals surface area (Å²) in [7, 11) is 4.10. The van der Waals surface area contributed by atoms with Crippen molar-refractivity contribution in [3.05, 3.63) is 37.1 Å². The van der Waals surface area contributed by atoms with Crippen LogP contribution < -0.4 is 0 Å². The summed E-state index contributed by atoms with van der Waals surface area (Å²) in [6.07, 6.45) is 2.99. The van der Waals surface area contributed by atoms with Crippen LogP contribution in [0.1, 0.15) is 41.0 Å². The summed E-state index contributed by atoms with van der Waals surface area (Å²) >= 11 is 0. The number of amidine groups is 1. The van der Waals surface area contributed by atoms with Crippen LogP contribution >= 0.6 is 0 Å². The highest BCUT2D eigenvalue weighted by atomic mass is 15.2. The quantitative estimate of drug-likeness (QED) is 0.301. The summed E-state index contributed by atoms with van der Waals surface area (Å²) in [5, 5.41) is 0. The molecular weight excluding hydrogens is 258 g/mol. The standard InChI is InChI=1S/C16H31N3.C2H4/c1-9-14(6)19(11-3)12-16(18(7)8)17-15(10-2)13(4)5;1-2/h10,14H,2,9,11-12H2,1,3-8H3;1-2H2. The topological polar surface area (TPSA) is 18.8 Å². The first kappa shape index (κ1) is 21.9. The molecule has 0 aromatic rings. The van der Waals surface area contributed by atoms with Gasteiger partial charge < -0.3 is 4.90 Å². The third-order valence-corrected chi connectivity index (χ3v) is 3.44. The van der Waals surface area contributed by atoms with E-state index in [4.69, 9.17) is 4.99 Å². The zero-order valence-corrected chi connectivity index (χ0v) is 15.2. The Morgan fingerprint density at radius 2 is 1.71 bits per heavy atom. The van der Waals surface area contributed by atoms with Crippen LogP contribution in [0.25, 0.3) is 0 Å². The highest BCUT2D eigenvalue weighted by Gasteiger charge is 2.14. The molecule has 21 heavy (non-hydrogen) atoms. The van der Waals surface area contributed by atoms with Gasteiger partial charge in [-0.05, 0) is 39.8 Å². The van der Waals surface area contributed by atoms with Gasteiger partial charge in [0, 0.05) is 20.1 Å². The smallest absolute Gasteiger partial charge is 0.119 e. The Hall–Kier alpha value is -1.35. The second-order valence-electron chi connectivity index (χ2n) is 5.33. The van der Waals surface area contributed by atoms with Gasteiger partial charge in [-0.2, -0.15) is 0 Å². The van der Waals surface area contributed by atoms with Crippen LogP contribution in [-0.4, -0.2) is 48.9 Å². The zero-order chi connectivity index (χ0) is 17.0. The molecule has 0 aromatic carbocycles. The van der Waals surface area contributed by atoms with E-state index in [0.29, 0.717) is 6.04 Å². The molecule has 0 fully saturated rings. The van der Waals surface area contributed by atoms with Crippen LogP contribution in [0.2, 0.25) is 0 Å². The Balaban J connectivity index is 0. The van der Waals surface area contributed by atoms with Crippen molar-refractivity contribution in [1.82, 2.24) is 9.80 Å². The number of hydrogen-bond donors (Lipinski definition) is 0. The van der Waals surface area contributed by atoms with Crippen LogP contribution in [0.5, 0.6) is 0 Å². The fourth-order valence-electron chi connectivity index (χ4n) is 1.80. The second kappa shape index (κ2) is 12.4. The lowest BCUT2D eigenvalue weighted by Crippen LogP contribution is -2.41. The molecule has 0 radical (unpaired) electrons. The highest BCUT2D eigenvalue weighted by molar-refractivity contribution is 5.85. The molecular formula is C18H35N3. The zero-order valence-electron chi connectivity index (χ0n) is 15.2. The third kappa shape index (κ3) is 8.51. The Kier molecular flexibility index (Phi) is 12.9. The number of aliphatic imine (C=N–C) groups is 1. The maximum absolute atomic E-state index is 4.76. The van der Waals surface area contributed by atoms with E-state index in [1.54, 1.807) is 0 Å². The van der Waals surface area contributed by atoms with E-state index in [1.807, 2.05) is 6.08 Å². The van der Waals surface area contributed by atoms with Gasteiger partial charge in [-0.1, -0.05) is 26.0 Å². The van der Waals surface area contributed by atoms with Gasteiger partial charge in [0.1, 0.15) is 5.84 Å². The Morgan fingerprint density at radius 1 is 1.19 bits per heavy atom. The molecule has 0 N–H and O–H groups in total. The fraction of sp³-hybridized carbons (Fsp3) is 0.611. The van der Waals surface area contributed by atoms with E-state index in [9.17, 15) is 0 Å². The highest BCUT2D eigenvalue weighted by Crippen LogP contribution is 2.09. The summed E-state index contributed by atoms with van der Waals surface area (Å²) in [6.45, 7) is 22.6. The Labute approximate surface area is 132 Å². The maximum Gasteiger partial charge on any atom is 0.119 e. The lowest BCUT2D eigenvalue weighted by molar-refractivity contribution is 0.239. The molecule has 1 atom stereocenters. The second-order valence-corrected chi connectivity index (χ2v) is 5.33. The molecule has 0 rings (SSSR count). The molecule has 0 aliphatic heterocycles. The van der Waals surface area contributed by atoms with Gasteiger partial charge in [0.2, 0.25) is 0 Å². The van der Waals surface area contributed by atoms with E-state index < -0.39 is 0 Å². The summed E-state index contributed by atoms with van der Waals surface area (Å²) in [5.41, 5.74) is 2.17. The third-order valence-electron chi connectivity index (χ3n) is 3.44. The van der Waals surface area contributed by atoms with Crippen LogP contribution in [0.4, 0.5) is 0 Å². The normalized spacial score (nSPS) is 12.3. The molecule has 0 aromatic heterocycles. The molecule has 0 heterocycles. The van der Waals surface area contributed by atoms with Crippen molar-refractivity contribution in [3.63, 3.8) is 0 Å². The van der Waals surface area contributed by atoms with Crippen molar-refractivity contribution in [2.75, 3.05) is 27.2 Å². The lowest BCUT2D eigenvalue weighted by atomic mass is 10.2. The minimum absolute atomic E-state index is 0.578. The molecule has 0 saturated heterocycles. The number of allylic oxidation sites excluding steroid dienone is 2. The molecule has 0 spiro atoms. The molecule has 122 valence electrons. The van der Waals surface area contributed by atoms with E-state index in [2.05, 4.69) is 78.3 Å². The van der Waals surface area contributed by atoms with Gasteiger partial charge >= 0.3 is 0 Å². The number of hydrogen-bond acceptors (Lipinski definition) is 2. The van der Waals surface area contributed by atoms with E-state index in [1.165, 1.54) is 5.57 Å². The van der Waals surface area contributed by atoms with Crippen molar-refractivity contribution in [2.24, 2.45) is 4.99 Å². The Morgan fingerprint density at radius 3 is 2.00 bits per heavy atom. The molecule has 3 heteroatoms. The number of likely N-dealkylation sites (N-methyl/N-ethyl adjacent to an activating group) is 2. The summed E-state index contributed by atoms with van der Waals surface area (Å²) < 4.78 is 0. The van der Waals surface area contributed by atoms with Crippen LogP contribution in [-0.2, 0) is 0 Å². The maximum atomic E-state index is 4.76. The minimum Gasteiger partial charge on any atom is -0.365 e.